The van der Waals surface area contributed by atoms with Crippen LogP contribution in [0.3, 0.4) is 0 Å². The first kappa shape index (κ1) is 27.6. The second-order valence-electron chi connectivity index (χ2n) is 9.41. The first-order valence-electron chi connectivity index (χ1n) is 11.6. The van der Waals surface area contributed by atoms with Crippen molar-refractivity contribution in [2.75, 3.05) is 32.6 Å². The van der Waals surface area contributed by atoms with E-state index in [0.717, 1.165) is 17.7 Å². The lowest BCUT2D eigenvalue weighted by molar-refractivity contribution is 0.0673. The van der Waals surface area contributed by atoms with Gasteiger partial charge in [0.05, 0.1) is 14.2 Å². The Morgan fingerprint density at radius 2 is 1.51 bits per heavy atom. The minimum atomic E-state index is -0.833. The van der Waals surface area contributed by atoms with Crippen molar-refractivity contribution in [2.24, 2.45) is 11.1 Å². The summed E-state index contributed by atoms with van der Waals surface area (Å²) in [4.78, 5) is 27.6. The van der Waals surface area contributed by atoms with Crippen LogP contribution < -0.4 is 20.5 Å². The van der Waals surface area contributed by atoms with Gasteiger partial charge in [-0.15, -0.1) is 0 Å². The first-order valence-corrected chi connectivity index (χ1v) is 11.6. The summed E-state index contributed by atoms with van der Waals surface area (Å²) < 4.78 is 37.5. The van der Waals surface area contributed by atoms with Crippen LogP contribution >= 0.6 is 0 Å². The highest BCUT2D eigenvalue weighted by molar-refractivity contribution is 6.04. The summed E-state index contributed by atoms with van der Waals surface area (Å²) in [5, 5.41) is 2.62. The molecule has 0 saturated carbocycles. The maximum absolute atomic E-state index is 13.5. The van der Waals surface area contributed by atoms with E-state index in [9.17, 15) is 18.4 Å². The minimum Gasteiger partial charge on any atom is -0.493 e. The summed E-state index contributed by atoms with van der Waals surface area (Å²) >= 11 is 0. The number of benzene rings is 3. The van der Waals surface area contributed by atoms with Crippen molar-refractivity contribution in [3.63, 3.8) is 0 Å². The lowest BCUT2D eigenvalue weighted by atomic mass is 9.92. The molecule has 196 valence electrons. The van der Waals surface area contributed by atoms with E-state index in [1.54, 1.807) is 47.4 Å². The molecule has 3 aromatic rings. The van der Waals surface area contributed by atoms with E-state index < -0.39 is 17.5 Å². The number of hydrogen-bond donors (Lipinski definition) is 2. The van der Waals surface area contributed by atoms with Gasteiger partial charge >= 0.3 is 0 Å². The molecule has 0 heterocycles. The van der Waals surface area contributed by atoms with Gasteiger partial charge in [-0.25, -0.2) is 8.78 Å². The number of hydrogen-bond acceptors (Lipinski definition) is 5. The number of ether oxygens (including phenoxy) is 2. The highest BCUT2D eigenvalue weighted by Gasteiger charge is 2.25. The van der Waals surface area contributed by atoms with Crippen molar-refractivity contribution < 1.29 is 27.8 Å². The first-order chi connectivity index (χ1) is 17.5. The molecule has 7 nitrogen and oxygen atoms in total. The van der Waals surface area contributed by atoms with Gasteiger partial charge in [0.25, 0.3) is 11.8 Å². The minimum absolute atomic E-state index is 0.128. The van der Waals surface area contributed by atoms with Crippen LogP contribution in [0, 0.1) is 17.0 Å². The zero-order valence-electron chi connectivity index (χ0n) is 21.3. The molecule has 0 atom stereocenters. The molecule has 0 fully saturated rings. The molecular formula is C28H31F2N3O4. The summed E-state index contributed by atoms with van der Waals surface area (Å²) in [5.74, 6) is -1.54. The van der Waals surface area contributed by atoms with Gasteiger partial charge in [-0.05, 0) is 60.0 Å². The number of nitrogens with two attached hydrogens (primary N) is 1. The number of carbonyl (C=O) groups excluding carboxylic acids is 2. The zero-order chi connectivity index (χ0) is 27.2. The second-order valence-corrected chi connectivity index (χ2v) is 9.41. The average molecular weight is 512 g/mol. The average Bonchev–Trinajstić information content (AvgIpc) is 2.87. The molecule has 3 aromatic carbocycles. The Morgan fingerprint density at radius 3 is 2.08 bits per heavy atom. The highest BCUT2D eigenvalue weighted by atomic mass is 19.1. The van der Waals surface area contributed by atoms with E-state index in [4.69, 9.17) is 15.2 Å². The van der Waals surface area contributed by atoms with E-state index >= 15 is 0 Å². The van der Waals surface area contributed by atoms with Gasteiger partial charge in [0, 0.05) is 36.0 Å². The van der Waals surface area contributed by atoms with Crippen molar-refractivity contribution in [3.8, 4) is 11.5 Å². The molecule has 0 bridgehead atoms. The van der Waals surface area contributed by atoms with E-state index in [1.165, 1.54) is 14.2 Å². The summed E-state index contributed by atoms with van der Waals surface area (Å²) in [6.45, 7) is 5.04. The molecule has 0 radical (unpaired) electrons. The molecule has 3 N–H and O–H groups in total. The number of carbonyl (C=O) groups is 2. The molecule has 0 spiro atoms. The Balaban J connectivity index is 1.79. The fraction of sp³-hybridized carbons (Fsp3) is 0.286. The van der Waals surface area contributed by atoms with E-state index in [-0.39, 0.29) is 16.9 Å². The van der Waals surface area contributed by atoms with Crippen LogP contribution in [0.1, 0.15) is 40.1 Å². The van der Waals surface area contributed by atoms with Crippen LogP contribution in [0.4, 0.5) is 14.5 Å². The monoisotopic (exact) mass is 511 g/mol. The van der Waals surface area contributed by atoms with Crippen molar-refractivity contribution in [1.29, 1.82) is 0 Å². The molecule has 0 aromatic heterocycles. The molecule has 0 aliphatic rings. The van der Waals surface area contributed by atoms with Gasteiger partial charge in [-0.3, -0.25) is 9.59 Å². The smallest absolute Gasteiger partial charge is 0.255 e. The predicted molar refractivity (Wildman–Crippen MR) is 138 cm³/mol. The number of methoxy groups -OCH3 is 2. The summed E-state index contributed by atoms with van der Waals surface area (Å²) in [7, 11) is 3.03. The Hall–Kier alpha value is -3.98. The van der Waals surface area contributed by atoms with Gasteiger partial charge in [0.1, 0.15) is 11.6 Å². The molecule has 9 heteroatoms. The second kappa shape index (κ2) is 11.8. The lowest BCUT2D eigenvalue weighted by Gasteiger charge is -2.32. The summed E-state index contributed by atoms with van der Waals surface area (Å²) in [6.07, 6.45) is 0. The topological polar surface area (TPSA) is 93.9 Å². The van der Waals surface area contributed by atoms with Crippen LogP contribution in [0.2, 0.25) is 0 Å². The summed E-state index contributed by atoms with van der Waals surface area (Å²) in [5.41, 5.74) is 7.18. The van der Waals surface area contributed by atoms with E-state index in [1.807, 2.05) is 13.8 Å². The molecule has 0 aliphatic carbocycles. The van der Waals surface area contributed by atoms with Gasteiger partial charge in [-0.2, -0.15) is 0 Å². The van der Waals surface area contributed by atoms with Crippen molar-refractivity contribution in [2.45, 2.75) is 20.4 Å². The SMILES string of the molecule is COc1ccc(C(=O)N(Cc2ccc(NC(=O)c3cc(F)cc(F)c3)cc2)CC(C)(C)CN)cc1OC. The van der Waals surface area contributed by atoms with Gasteiger partial charge in [0.2, 0.25) is 0 Å². The number of anilines is 1. The largest absolute Gasteiger partial charge is 0.493 e. The molecule has 37 heavy (non-hydrogen) atoms. The fourth-order valence-corrected chi connectivity index (χ4v) is 3.73. The van der Waals surface area contributed by atoms with Crippen molar-refractivity contribution in [1.82, 2.24) is 4.90 Å². The molecule has 2 amide bonds. The third-order valence-electron chi connectivity index (χ3n) is 5.80. The number of nitrogens with zero attached hydrogens (tertiary/aromatic N) is 1. The Bertz CT molecular complexity index is 1240. The predicted octanol–water partition coefficient (Wildman–Crippen LogP) is 4.86. The Morgan fingerprint density at radius 1 is 0.892 bits per heavy atom. The quantitative estimate of drug-likeness (QED) is 0.405. The van der Waals surface area contributed by atoms with Crippen molar-refractivity contribution >= 4 is 17.5 Å². The third-order valence-corrected chi connectivity index (χ3v) is 5.80. The number of halogens is 2. The maximum atomic E-state index is 13.5. The Labute approximate surface area is 215 Å². The van der Waals surface area contributed by atoms with Crippen LogP contribution in [-0.4, -0.2) is 44.0 Å². The maximum Gasteiger partial charge on any atom is 0.255 e. The zero-order valence-corrected chi connectivity index (χ0v) is 21.3. The highest BCUT2D eigenvalue weighted by Crippen LogP contribution is 2.29. The summed E-state index contributed by atoms with van der Waals surface area (Å²) in [6, 6.07) is 14.5. The normalized spacial score (nSPS) is 11.1. The third kappa shape index (κ3) is 7.27. The van der Waals surface area contributed by atoms with Gasteiger partial charge in [0.15, 0.2) is 11.5 Å². The standard InChI is InChI=1S/C28H31F2N3O4/c1-28(2,16-31)17-33(27(35)19-7-10-24(36-3)25(13-19)37-4)15-18-5-8-23(9-6-18)32-26(34)20-11-21(29)14-22(30)12-20/h5-14H,15-17,31H2,1-4H3,(H,32,34). The molecular weight excluding hydrogens is 480 g/mol. The molecule has 0 unspecified atom stereocenters. The van der Waals surface area contributed by atoms with E-state index in [0.29, 0.717) is 48.5 Å². The van der Waals surface area contributed by atoms with Crippen LogP contribution in [0.15, 0.2) is 60.7 Å². The molecule has 0 saturated heterocycles. The fourth-order valence-electron chi connectivity index (χ4n) is 3.73. The van der Waals surface area contributed by atoms with Gasteiger partial charge < -0.3 is 25.4 Å². The Kier molecular flexibility index (Phi) is 8.83. The number of rotatable bonds is 10. The van der Waals surface area contributed by atoms with Gasteiger partial charge in [-0.1, -0.05) is 26.0 Å². The molecule has 3 rings (SSSR count). The van der Waals surface area contributed by atoms with Crippen LogP contribution in [-0.2, 0) is 6.54 Å². The number of nitrogens with one attached hydrogen (secondary N) is 1. The van der Waals surface area contributed by atoms with Crippen LogP contribution in [0.25, 0.3) is 0 Å². The van der Waals surface area contributed by atoms with Crippen molar-refractivity contribution in [3.05, 3.63) is 89.0 Å². The molecule has 0 aliphatic heterocycles. The lowest BCUT2D eigenvalue weighted by Crippen LogP contribution is -2.41. The van der Waals surface area contributed by atoms with E-state index in [2.05, 4.69) is 5.32 Å². The number of amides is 2. The van der Waals surface area contributed by atoms with Crippen LogP contribution in [0.5, 0.6) is 11.5 Å².